The summed E-state index contributed by atoms with van der Waals surface area (Å²) in [4.78, 5) is 18.0. The Morgan fingerprint density at radius 2 is 2.11 bits per heavy atom. The van der Waals surface area contributed by atoms with E-state index in [9.17, 15) is 0 Å². The van der Waals surface area contributed by atoms with Crippen LogP contribution in [-0.2, 0) is 13.5 Å². The highest BCUT2D eigenvalue weighted by atomic mass is 16.5. The highest BCUT2D eigenvalue weighted by molar-refractivity contribution is 5.86. The van der Waals surface area contributed by atoms with E-state index in [-0.39, 0.29) is 6.04 Å². The molecule has 4 rings (SSSR count). The molecular formula is C18H20N8O. The van der Waals surface area contributed by atoms with Gasteiger partial charge in [0.1, 0.15) is 23.4 Å². The van der Waals surface area contributed by atoms with Gasteiger partial charge in [0.25, 0.3) is 0 Å². The highest BCUT2D eigenvalue weighted by Crippen LogP contribution is 2.25. The molecule has 0 aliphatic rings. The average Bonchev–Trinajstić information content (AvgIpc) is 3.31. The van der Waals surface area contributed by atoms with Gasteiger partial charge < -0.3 is 9.84 Å². The van der Waals surface area contributed by atoms with Crippen LogP contribution in [0.5, 0.6) is 0 Å². The molecule has 0 saturated heterocycles. The molecule has 138 valence electrons. The molecule has 0 amide bonds. The first-order valence-electron chi connectivity index (χ1n) is 8.86. The maximum atomic E-state index is 5.42. The summed E-state index contributed by atoms with van der Waals surface area (Å²) in [5.41, 5.74) is 1.46. The third kappa shape index (κ3) is 3.35. The Labute approximate surface area is 155 Å². The van der Waals surface area contributed by atoms with E-state index in [4.69, 9.17) is 4.52 Å². The van der Waals surface area contributed by atoms with E-state index in [1.807, 2.05) is 32.2 Å². The van der Waals surface area contributed by atoms with Crippen LogP contribution in [0, 0.1) is 0 Å². The maximum absolute atomic E-state index is 5.42. The summed E-state index contributed by atoms with van der Waals surface area (Å²) in [6.07, 6.45) is 5.22. The van der Waals surface area contributed by atoms with Crippen LogP contribution in [0.25, 0.3) is 22.6 Å². The van der Waals surface area contributed by atoms with Crippen LogP contribution in [0.2, 0.25) is 0 Å². The highest BCUT2D eigenvalue weighted by Gasteiger charge is 2.19. The Kier molecular flexibility index (Phi) is 4.49. The molecule has 0 aliphatic carbocycles. The Balaban J connectivity index is 1.63. The second kappa shape index (κ2) is 7.10. The van der Waals surface area contributed by atoms with Gasteiger partial charge in [-0.1, -0.05) is 18.1 Å². The molecule has 1 atom stereocenters. The first kappa shape index (κ1) is 17.1. The number of fused-ring (bicyclic) bond motifs is 1. The third-order valence-corrected chi connectivity index (χ3v) is 4.17. The van der Waals surface area contributed by atoms with Gasteiger partial charge >= 0.3 is 0 Å². The van der Waals surface area contributed by atoms with Gasteiger partial charge in [-0.3, -0.25) is 9.67 Å². The summed E-state index contributed by atoms with van der Waals surface area (Å²) in [6, 6.07) is 5.34. The molecule has 0 radical (unpaired) electrons. The van der Waals surface area contributed by atoms with Crippen molar-refractivity contribution in [3.8, 4) is 11.5 Å². The zero-order valence-electron chi connectivity index (χ0n) is 15.4. The zero-order chi connectivity index (χ0) is 18.8. The number of nitrogens with one attached hydrogen (secondary N) is 1. The van der Waals surface area contributed by atoms with Gasteiger partial charge in [0, 0.05) is 19.7 Å². The Hall–Kier alpha value is -3.36. The minimum Gasteiger partial charge on any atom is -0.358 e. The number of hydrogen-bond donors (Lipinski definition) is 1. The second-order valence-electron chi connectivity index (χ2n) is 6.28. The summed E-state index contributed by atoms with van der Waals surface area (Å²) in [5, 5.41) is 12.5. The molecular weight excluding hydrogens is 344 g/mol. The summed E-state index contributed by atoms with van der Waals surface area (Å²) in [7, 11) is 1.87. The van der Waals surface area contributed by atoms with Crippen molar-refractivity contribution in [1.29, 1.82) is 0 Å². The fraction of sp³-hybridized carbons (Fsp3) is 0.333. The van der Waals surface area contributed by atoms with E-state index in [0.717, 1.165) is 29.7 Å². The van der Waals surface area contributed by atoms with Crippen LogP contribution >= 0.6 is 0 Å². The van der Waals surface area contributed by atoms with Crippen molar-refractivity contribution < 1.29 is 4.52 Å². The van der Waals surface area contributed by atoms with Crippen molar-refractivity contribution in [2.24, 2.45) is 7.05 Å². The number of anilines is 1. The minimum absolute atomic E-state index is 0.234. The molecule has 0 fully saturated rings. The molecule has 0 aliphatic heterocycles. The van der Waals surface area contributed by atoms with Crippen LogP contribution in [0.3, 0.4) is 0 Å². The average molecular weight is 364 g/mol. The van der Waals surface area contributed by atoms with Crippen molar-refractivity contribution in [1.82, 2.24) is 34.9 Å². The van der Waals surface area contributed by atoms with E-state index in [1.165, 1.54) is 0 Å². The van der Waals surface area contributed by atoms with E-state index < -0.39 is 0 Å². The second-order valence-corrected chi connectivity index (χ2v) is 6.28. The van der Waals surface area contributed by atoms with Crippen LogP contribution < -0.4 is 5.32 Å². The molecule has 0 saturated carbocycles. The summed E-state index contributed by atoms with van der Waals surface area (Å²) >= 11 is 0. The smallest absolute Gasteiger partial charge is 0.249 e. The molecule has 0 bridgehead atoms. The predicted molar refractivity (Wildman–Crippen MR) is 99.9 cm³/mol. The first-order chi connectivity index (χ1) is 13.2. The quantitative estimate of drug-likeness (QED) is 0.556. The third-order valence-electron chi connectivity index (χ3n) is 4.17. The fourth-order valence-corrected chi connectivity index (χ4v) is 2.79. The Morgan fingerprint density at radius 1 is 1.22 bits per heavy atom. The largest absolute Gasteiger partial charge is 0.358 e. The van der Waals surface area contributed by atoms with E-state index in [1.54, 1.807) is 17.1 Å². The van der Waals surface area contributed by atoms with Gasteiger partial charge in [0.2, 0.25) is 11.7 Å². The van der Waals surface area contributed by atoms with Gasteiger partial charge in [0.15, 0.2) is 5.65 Å². The van der Waals surface area contributed by atoms with Crippen LogP contribution in [0.1, 0.15) is 38.0 Å². The van der Waals surface area contributed by atoms with Crippen molar-refractivity contribution in [3.63, 3.8) is 0 Å². The molecule has 4 aromatic heterocycles. The monoisotopic (exact) mass is 364 g/mol. The molecule has 27 heavy (non-hydrogen) atoms. The molecule has 0 spiro atoms. The normalized spacial score (nSPS) is 12.4. The molecule has 0 unspecified atom stereocenters. The molecule has 9 nitrogen and oxygen atoms in total. The lowest BCUT2D eigenvalue weighted by Gasteiger charge is -2.12. The van der Waals surface area contributed by atoms with E-state index in [2.05, 4.69) is 42.4 Å². The Bertz CT molecular complexity index is 1060. The number of hydrogen-bond acceptors (Lipinski definition) is 8. The summed E-state index contributed by atoms with van der Waals surface area (Å²) in [6.45, 7) is 4.05. The maximum Gasteiger partial charge on any atom is 0.249 e. The van der Waals surface area contributed by atoms with Crippen molar-refractivity contribution in [3.05, 3.63) is 42.3 Å². The topological polar surface area (TPSA) is 107 Å². The number of pyridine rings is 1. The lowest BCUT2D eigenvalue weighted by Crippen LogP contribution is -2.11. The SMILES string of the molecule is CCCc1nc(N[C@@H](C)c2nc(-c3ccccn3)no2)c2cnn(C)c2n1. The molecule has 0 aromatic carbocycles. The van der Waals surface area contributed by atoms with Gasteiger partial charge in [-0.15, -0.1) is 0 Å². The van der Waals surface area contributed by atoms with Crippen LogP contribution in [0.4, 0.5) is 5.82 Å². The van der Waals surface area contributed by atoms with E-state index in [0.29, 0.717) is 23.2 Å². The fourth-order valence-electron chi connectivity index (χ4n) is 2.79. The lowest BCUT2D eigenvalue weighted by atomic mass is 10.2. The Morgan fingerprint density at radius 3 is 2.89 bits per heavy atom. The summed E-state index contributed by atoms with van der Waals surface area (Å²) in [5.74, 6) is 2.41. The summed E-state index contributed by atoms with van der Waals surface area (Å²) < 4.78 is 7.17. The molecule has 4 aromatic rings. The predicted octanol–water partition coefficient (Wildman–Crippen LogP) is 2.93. The number of nitrogens with zero attached hydrogens (tertiary/aromatic N) is 7. The standard InChI is InChI=1S/C18H20N8O/c1-4-7-14-22-15(12-10-20-26(3)17(12)23-14)21-11(2)18-24-16(25-27-18)13-8-5-6-9-19-13/h5-6,8-11H,4,7H2,1-3H3,(H,21,22,23)/t11-/m0/s1. The molecule has 4 heterocycles. The van der Waals surface area contributed by atoms with Crippen molar-refractivity contribution in [2.45, 2.75) is 32.7 Å². The number of aryl methyl sites for hydroxylation is 2. The van der Waals surface area contributed by atoms with Crippen LogP contribution in [-0.4, -0.2) is 34.9 Å². The minimum atomic E-state index is -0.234. The van der Waals surface area contributed by atoms with Crippen molar-refractivity contribution in [2.75, 3.05) is 5.32 Å². The molecule has 1 N–H and O–H groups in total. The van der Waals surface area contributed by atoms with Gasteiger partial charge in [-0.05, 0) is 25.5 Å². The zero-order valence-corrected chi connectivity index (χ0v) is 15.4. The number of rotatable bonds is 6. The first-order valence-corrected chi connectivity index (χ1v) is 8.86. The molecule has 9 heteroatoms. The number of aromatic nitrogens is 7. The van der Waals surface area contributed by atoms with Crippen LogP contribution in [0.15, 0.2) is 35.1 Å². The van der Waals surface area contributed by atoms with Gasteiger partial charge in [-0.2, -0.15) is 10.1 Å². The van der Waals surface area contributed by atoms with E-state index >= 15 is 0 Å². The van der Waals surface area contributed by atoms with Crippen molar-refractivity contribution >= 4 is 16.9 Å². The van der Waals surface area contributed by atoms with Gasteiger partial charge in [0.05, 0.1) is 11.6 Å². The van der Waals surface area contributed by atoms with Gasteiger partial charge in [-0.25, -0.2) is 9.97 Å². The lowest BCUT2D eigenvalue weighted by molar-refractivity contribution is 0.367.